The third-order valence-electron chi connectivity index (χ3n) is 8.86. The quantitative estimate of drug-likeness (QED) is 0.0961. The van der Waals surface area contributed by atoms with E-state index < -0.39 is 0 Å². The van der Waals surface area contributed by atoms with E-state index in [2.05, 4.69) is 24.3 Å². The molecule has 0 saturated carbocycles. The number of amides is 2. The normalized spacial score (nSPS) is 10.7. The van der Waals surface area contributed by atoms with Crippen LogP contribution in [0.15, 0.2) is 170 Å². The largest absolute Gasteiger partial charge is 0.492 e. The van der Waals surface area contributed by atoms with Crippen molar-refractivity contribution in [2.75, 3.05) is 26.3 Å². The lowest BCUT2D eigenvalue weighted by Gasteiger charge is -2.29. The van der Waals surface area contributed by atoms with Crippen LogP contribution >= 0.6 is 0 Å². The fourth-order valence-corrected chi connectivity index (χ4v) is 6.08. The van der Waals surface area contributed by atoms with Crippen molar-refractivity contribution in [2.45, 2.75) is 25.9 Å². The number of ether oxygens (including phenoxy) is 2. The van der Waals surface area contributed by atoms with Crippen LogP contribution in [-0.2, 0) is 25.9 Å². The smallest absolute Gasteiger partial charge is 0.257 e. The van der Waals surface area contributed by atoms with Gasteiger partial charge in [-0.3, -0.25) is 9.59 Å². The van der Waals surface area contributed by atoms with Gasteiger partial charge in [0.05, 0.1) is 24.3 Å². The van der Waals surface area contributed by atoms with Crippen molar-refractivity contribution in [1.82, 2.24) is 9.80 Å². The molecule has 0 bridgehead atoms. The molecule has 0 N–H and O–H groups in total. The Morgan fingerprint density at radius 3 is 1.06 bits per heavy atom. The molecule has 0 saturated heterocycles. The molecular formula is C46H44N2O4. The summed E-state index contributed by atoms with van der Waals surface area (Å²) in [6.07, 6.45) is 1.45. The molecule has 0 aliphatic carbocycles. The van der Waals surface area contributed by atoms with E-state index in [1.54, 1.807) is 0 Å². The molecule has 2 amide bonds. The van der Waals surface area contributed by atoms with E-state index in [0.717, 1.165) is 24.0 Å². The predicted octanol–water partition coefficient (Wildman–Crippen LogP) is 8.91. The van der Waals surface area contributed by atoms with Gasteiger partial charge in [0.2, 0.25) is 0 Å². The zero-order chi connectivity index (χ0) is 35.8. The SMILES string of the molecule is O=C(c1ccccc1OCCc1ccccc1)N(CCN(Cc1ccccc1)C(=O)c1ccccc1OCCc1ccccc1)Cc1ccccc1. The minimum atomic E-state index is -0.157. The molecule has 0 aromatic heterocycles. The molecule has 6 rings (SSSR count). The Labute approximate surface area is 306 Å². The van der Waals surface area contributed by atoms with Crippen LogP contribution in [0.25, 0.3) is 0 Å². The lowest BCUT2D eigenvalue weighted by molar-refractivity contribution is 0.0639. The van der Waals surface area contributed by atoms with Crippen LogP contribution in [0.2, 0.25) is 0 Å². The van der Waals surface area contributed by atoms with E-state index >= 15 is 0 Å². The predicted molar refractivity (Wildman–Crippen MR) is 207 cm³/mol. The van der Waals surface area contributed by atoms with Crippen molar-refractivity contribution >= 4 is 11.8 Å². The minimum absolute atomic E-state index is 0.157. The van der Waals surface area contributed by atoms with E-state index in [0.29, 0.717) is 62.0 Å². The Bertz CT molecular complexity index is 1840. The monoisotopic (exact) mass is 688 g/mol. The second-order valence-electron chi connectivity index (χ2n) is 12.6. The van der Waals surface area contributed by atoms with Gasteiger partial charge in [0.15, 0.2) is 0 Å². The Morgan fingerprint density at radius 2 is 0.692 bits per heavy atom. The highest BCUT2D eigenvalue weighted by Crippen LogP contribution is 2.24. The van der Waals surface area contributed by atoms with Gasteiger partial charge < -0.3 is 19.3 Å². The summed E-state index contributed by atoms with van der Waals surface area (Å²) < 4.78 is 12.4. The number of nitrogens with zero attached hydrogens (tertiary/aromatic N) is 2. The topological polar surface area (TPSA) is 59.1 Å². The number of carbonyl (C=O) groups is 2. The first-order chi connectivity index (χ1) is 25.6. The maximum absolute atomic E-state index is 14.4. The summed E-state index contributed by atoms with van der Waals surface area (Å²) in [6.45, 7) is 2.26. The molecule has 262 valence electrons. The average molecular weight is 689 g/mol. The fraction of sp³-hybridized carbons (Fsp3) is 0.174. The molecule has 0 fully saturated rings. The van der Waals surface area contributed by atoms with Gasteiger partial charge in [0.1, 0.15) is 11.5 Å². The van der Waals surface area contributed by atoms with Crippen molar-refractivity contribution in [3.8, 4) is 11.5 Å². The van der Waals surface area contributed by atoms with Crippen LogP contribution in [0.3, 0.4) is 0 Å². The zero-order valence-corrected chi connectivity index (χ0v) is 29.4. The van der Waals surface area contributed by atoms with E-state index in [4.69, 9.17) is 9.47 Å². The third kappa shape index (κ3) is 10.2. The number of hydrogen-bond acceptors (Lipinski definition) is 4. The molecule has 6 aromatic carbocycles. The number of hydrogen-bond donors (Lipinski definition) is 0. The van der Waals surface area contributed by atoms with E-state index in [9.17, 15) is 9.59 Å². The zero-order valence-electron chi connectivity index (χ0n) is 29.4. The fourth-order valence-electron chi connectivity index (χ4n) is 6.08. The summed E-state index contributed by atoms with van der Waals surface area (Å²) in [4.78, 5) is 32.5. The summed E-state index contributed by atoms with van der Waals surface area (Å²) >= 11 is 0. The molecular weight excluding hydrogens is 645 g/mol. The lowest BCUT2D eigenvalue weighted by Crippen LogP contribution is -2.41. The van der Waals surface area contributed by atoms with Crippen molar-refractivity contribution in [2.24, 2.45) is 0 Å². The number of rotatable bonds is 17. The summed E-state index contributed by atoms with van der Waals surface area (Å²) in [5, 5.41) is 0. The minimum Gasteiger partial charge on any atom is -0.492 e. The van der Waals surface area contributed by atoms with Crippen LogP contribution in [0.1, 0.15) is 43.0 Å². The lowest BCUT2D eigenvalue weighted by atomic mass is 10.1. The second-order valence-corrected chi connectivity index (χ2v) is 12.6. The molecule has 6 nitrogen and oxygen atoms in total. The summed E-state index contributed by atoms with van der Waals surface area (Å²) in [7, 11) is 0. The van der Waals surface area contributed by atoms with Gasteiger partial charge in [-0.05, 0) is 46.5 Å². The highest BCUT2D eigenvalue weighted by molar-refractivity contribution is 5.98. The van der Waals surface area contributed by atoms with Crippen LogP contribution < -0.4 is 9.47 Å². The first kappa shape index (κ1) is 35.7. The molecule has 0 aliphatic heterocycles. The number of benzene rings is 6. The van der Waals surface area contributed by atoms with Crippen molar-refractivity contribution in [3.05, 3.63) is 203 Å². The van der Waals surface area contributed by atoms with E-state index in [-0.39, 0.29) is 11.8 Å². The number of carbonyl (C=O) groups excluding carboxylic acids is 2. The maximum atomic E-state index is 14.4. The maximum Gasteiger partial charge on any atom is 0.257 e. The molecule has 0 aliphatic rings. The molecule has 0 radical (unpaired) electrons. The van der Waals surface area contributed by atoms with Crippen molar-refractivity contribution < 1.29 is 19.1 Å². The highest BCUT2D eigenvalue weighted by Gasteiger charge is 2.24. The Morgan fingerprint density at radius 1 is 0.385 bits per heavy atom. The van der Waals surface area contributed by atoms with Crippen LogP contribution in [0, 0.1) is 0 Å². The van der Waals surface area contributed by atoms with Crippen molar-refractivity contribution in [1.29, 1.82) is 0 Å². The Kier molecular flexibility index (Phi) is 12.9. The molecule has 0 unspecified atom stereocenters. The molecule has 0 heterocycles. The highest BCUT2D eigenvalue weighted by atomic mass is 16.5. The summed E-state index contributed by atoms with van der Waals surface area (Å²) in [6, 6.07) is 55.0. The standard InChI is InChI=1S/C46H44N2O4/c49-45(41-25-13-15-27-43(41)51-33-29-37-17-5-1-6-18-37)47(35-39-21-9-3-10-22-39)31-32-48(36-40-23-11-4-12-24-40)46(50)42-26-14-16-28-44(42)52-34-30-38-19-7-2-8-20-38/h1-28H,29-36H2. The Hall–Kier alpha value is -6.14. The first-order valence-electron chi connectivity index (χ1n) is 17.8. The van der Waals surface area contributed by atoms with Crippen LogP contribution in [0.5, 0.6) is 11.5 Å². The van der Waals surface area contributed by atoms with Gasteiger partial charge in [-0.2, -0.15) is 0 Å². The van der Waals surface area contributed by atoms with Gasteiger partial charge in [-0.1, -0.05) is 146 Å². The van der Waals surface area contributed by atoms with Gasteiger partial charge in [0.25, 0.3) is 11.8 Å². The average Bonchev–Trinajstić information content (AvgIpc) is 3.20. The van der Waals surface area contributed by atoms with Crippen molar-refractivity contribution in [3.63, 3.8) is 0 Å². The molecule has 6 heteroatoms. The van der Waals surface area contributed by atoms with Crippen LogP contribution in [-0.4, -0.2) is 47.9 Å². The number of para-hydroxylation sites is 2. The van der Waals surface area contributed by atoms with E-state index in [1.165, 1.54) is 11.1 Å². The van der Waals surface area contributed by atoms with Gasteiger partial charge in [0, 0.05) is 39.0 Å². The molecule has 6 aromatic rings. The third-order valence-corrected chi connectivity index (χ3v) is 8.86. The second kappa shape index (κ2) is 18.7. The first-order valence-corrected chi connectivity index (χ1v) is 17.8. The van der Waals surface area contributed by atoms with Gasteiger partial charge in [-0.25, -0.2) is 0 Å². The molecule has 0 atom stereocenters. The van der Waals surface area contributed by atoms with Gasteiger partial charge in [-0.15, -0.1) is 0 Å². The van der Waals surface area contributed by atoms with Crippen LogP contribution in [0.4, 0.5) is 0 Å². The van der Waals surface area contributed by atoms with Gasteiger partial charge >= 0.3 is 0 Å². The van der Waals surface area contributed by atoms with E-state index in [1.807, 2.05) is 155 Å². The Balaban J connectivity index is 1.22. The summed E-state index contributed by atoms with van der Waals surface area (Å²) in [5.74, 6) is 0.771. The molecule has 52 heavy (non-hydrogen) atoms. The summed E-state index contributed by atoms with van der Waals surface area (Å²) in [5.41, 5.74) is 5.31. The molecule has 0 spiro atoms.